The number of aromatic hydroxyl groups is 1. The Bertz CT molecular complexity index is 411. The lowest BCUT2D eigenvalue weighted by Crippen LogP contribution is -2.41. The van der Waals surface area contributed by atoms with Crippen molar-refractivity contribution in [3.8, 4) is 5.75 Å². The van der Waals surface area contributed by atoms with E-state index in [1.165, 1.54) is 12.8 Å². The second-order valence-electron chi connectivity index (χ2n) is 6.42. The Balaban J connectivity index is 0.00000220. The van der Waals surface area contributed by atoms with Crippen LogP contribution in [0.4, 0.5) is 0 Å². The third-order valence-corrected chi connectivity index (χ3v) is 4.46. The van der Waals surface area contributed by atoms with Crippen LogP contribution in [-0.2, 0) is 0 Å². The Morgan fingerprint density at radius 1 is 1.05 bits per heavy atom. The SMILES string of the molecule is CN(C)CC(c1ccc(O)cc1)C1(O)CCCCCC1.Cl. The predicted molar refractivity (Wildman–Crippen MR) is 89.3 cm³/mol. The molecule has 1 fully saturated rings. The zero-order valence-electron chi connectivity index (χ0n) is 13.1. The summed E-state index contributed by atoms with van der Waals surface area (Å²) in [4.78, 5) is 2.14. The van der Waals surface area contributed by atoms with Gasteiger partial charge in [-0.25, -0.2) is 0 Å². The quantitative estimate of drug-likeness (QED) is 0.836. The van der Waals surface area contributed by atoms with Crippen molar-refractivity contribution >= 4 is 12.4 Å². The summed E-state index contributed by atoms with van der Waals surface area (Å²) in [5, 5.41) is 20.7. The summed E-state index contributed by atoms with van der Waals surface area (Å²) in [6.07, 6.45) is 6.44. The second-order valence-corrected chi connectivity index (χ2v) is 6.42. The summed E-state index contributed by atoms with van der Waals surface area (Å²) in [6, 6.07) is 7.34. The number of halogens is 1. The van der Waals surface area contributed by atoms with Gasteiger partial charge in [0.1, 0.15) is 5.75 Å². The number of benzene rings is 1. The van der Waals surface area contributed by atoms with Gasteiger partial charge in [-0.15, -0.1) is 12.4 Å². The molecule has 1 aliphatic carbocycles. The topological polar surface area (TPSA) is 43.7 Å². The van der Waals surface area contributed by atoms with Crippen molar-refractivity contribution in [3.05, 3.63) is 29.8 Å². The maximum atomic E-state index is 11.2. The first-order valence-electron chi connectivity index (χ1n) is 7.67. The normalized spacial score (nSPS) is 19.6. The molecule has 0 bridgehead atoms. The third kappa shape index (κ3) is 4.87. The molecule has 1 unspecified atom stereocenters. The lowest BCUT2D eigenvalue weighted by atomic mass is 9.77. The van der Waals surface area contributed by atoms with Gasteiger partial charge in [-0.1, -0.05) is 37.8 Å². The zero-order valence-corrected chi connectivity index (χ0v) is 13.9. The van der Waals surface area contributed by atoms with Crippen molar-refractivity contribution < 1.29 is 10.2 Å². The first-order chi connectivity index (χ1) is 9.51. The molecule has 2 rings (SSSR count). The molecule has 0 spiro atoms. The van der Waals surface area contributed by atoms with Crippen LogP contribution in [-0.4, -0.2) is 41.4 Å². The van der Waals surface area contributed by atoms with Crippen LogP contribution < -0.4 is 0 Å². The number of rotatable bonds is 4. The first kappa shape index (κ1) is 18.3. The highest BCUT2D eigenvalue weighted by Crippen LogP contribution is 2.39. The molecular weight excluding hydrogens is 286 g/mol. The molecule has 3 nitrogen and oxygen atoms in total. The lowest BCUT2D eigenvalue weighted by molar-refractivity contribution is -0.00975. The Labute approximate surface area is 134 Å². The fourth-order valence-corrected chi connectivity index (χ4v) is 3.35. The van der Waals surface area contributed by atoms with Crippen molar-refractivity contribution in [2.24, 2.45) is 0 Å². The molecule has 1 aromatic carbocycles. The number of aliphatic hydroxyl groups is 1. The van der Waals surface area contributed by atoms with Crippen LogP contribution in [0.1, 0.15) is 50.0 Å². The number of likely N-dealkylation sites (N-methyl/N-ethyl adjacent to an activating group) is 1. The summed E-state index contributed by atoms with van der Waals surface area (Å²) in [5.41, 5.74) is 0.512. The van der Waals surface area contributed by atoms with E-state index in [0.29, 0.717) is 0 Å². The minimum Gasteiger partial charge on any atom is -0.508 e. The van der Waals surface area contributed by atoms with Crippen LogP contribution in [0.5, 0.6) is 5.75 Å². The average Bonchev–Trinajstić information content (AvgIpc) is 2.63. The highest BCUT2D eigenvalue weighted by Gasteiger charge is 2.37. The van der Waals surface area contributed by atoms with E-state index in [1.807, 2.05) is 26.2 Å². The average molecular weight is 314 g/mol. The molecule has 1 atom stereocenters. The molecule has 0 aromatic heterocycles. The molecule has 0 saturated heterocycles. The molecule has 1 saturated carbocycles. The first-order valence-corrected chi connectivity index (χ1v) is 7.67. The van der Waals surface area contributed by atoms with Gasteiger partial charge in [0.25, 0.3) is 0 Å². The zero-order chi connectivity index (χ0) is 14.6. The van der Waals surface area contributed by atoms with E-state index in [0.717, 1.165) is 37.8 Å². The van der Waals surface area contributed by atoms with E-state index in [1.54, 1.807) is 12.1 Å². The number of hydrogen-bond acceptors (Lipinski definition) is 3. The van der Waals surface area contributed by atoms with Crippen LogP contribution in [0.15, 0.2) is 24.3 Å². The maximum absolute atomic E-state index is 11.2. The molecule has 0 radical (unpaired) electrons. The summed E-state index contributed by atoms with van der Waals surface area (Å²) in [7, 11) is 4.10. The molecule has 21 heavy (non-hydrogen) atoms. The summed E-state index contributed by atoms with van der Waals surface area (Å²) in [6.45, 7) is 0.835. The van der Waals surface area contributed by atoms with Crippen LogP contribution in [0, 0.1) is 0 Å². The summed E-state index contributed by atoms with van der Waals surface area (Å²) < 4.78 is 0. The van der Waals surface area contributed by atoms with Crippen molar-refractivity contribution in [1.82, 2.24) is 4.90 Å². The number of nitrogens with zero attached hydrogens (tertiary/aromatic N) is 1. The second kappa shape index (κ2) is 8.02. The molecule has 4 heteroatoms. The van der Waals surface area contributed by atoms with E-state index in [-0.39, 0.29) is 24.1 Å². The van der Waals surface area contributed by atoms with Crippen molar-refractivity contribution in [2.45, 2.75) is 50.0 Å². The van der Waals surface area contributed by atoms with E-state index in [9.17, 15) is 10.2 Å². The van der Waals surface area contributed by atoms with E-state index in [2.05, 4.69) is 4.90 Å². The van der Waals surface area contributed by atoms with Crippen molar-refractivity contribution in [1.29, 1.82) is 0 Å². The van der Waals surface area contributed by atoms with Gasteiger partial charge in [-0.3, -0.25) is 0 Å². The van der Waals surface area contributed by atoms with Gasteiger partial charge in [-0.05, 0) is 44.6 Å². The Morgan fingerprint density at radius 3 is 2.05 bits per heavy atom. The van der Waals surface area contributed by atoms with Crippen LogP contribution >= 0.6 is 12.4 Å². The van der Waals surface area contributed by atoms with Gasteiger partial charge in [0.2, 0.25) is 0 Å². The number of phenols is 1. The molecular formula is C17H28ClNO2. The van der Waals surface area contributed by atoms with Crippen LogP contribution in [0.3, 0.4) is 0 Å². The summed E-state index contributed by atoms with van der Waals surface area (Å²) >= 11 is 0. The molecule has 0 heterocycles. The van der Waals surface area contributed by atoms with E-state index < -0.39 is 5.60 Å². The minimum atomic E-state index is -0.613. The molecule has 0 amide bonds. The Morgan fingerprint density at radius 2 is 1.57 bits per heavy atom. The lowest BCUT2D eigenvalue weighted by Gasteiger charge is -2.37. The van der Waals surface area contributed by atoms with Crippen molar-refractivity contribution in [3.63, 3.8) is 0 Å². The van der Waals surface area contributed by atoms with Crippen LogP contribution in [0.25, 0.3) is 0 Å². The highest BCUT2D eigenvalue weighted by atomic mass is 35.5. The number of hydrogen-bond donors (Lipinski definition) is 2. The van der Waals surface area contributed by atoms with E-state index in [4.69, 9.17) is 0 Å². The van der Waals surface area contributed by atoms with Crippen LogP contribution in [0.2, 0.25) is 0 Å². The molecule has 1 aliphatic rings. The standard InChI is InChI=1S/C17H27NO2.ClH/c1-18(2)13-16(14-7-9-15(19)10-8-14)17(20)11-5-3-4-6-12-17;/h7-10,16,19-20H,3-6,11-13H2,1-2H3;1H. The summed E-state index contributed by atoms with van der Waals surface area (Å²) in [5.74, 6) is 0.390. The number of phenolic OH excluding ortho intramolecular Hbond substituents is 1. The van der Waals surface area contributed by atoms with Gasteiger partial charge in [0, 0.05) is 12.5 Å². The van der Waals surface area contributed by atoms with Crippen molar-refractivity contribution in [2.75, 3.05) is 20.6 Å². The fraction of sp³-hybridized carbons (Fsp3) is 0.647. The van der Waals surface area contributed by atoms with E-state index >= 15 is 0 Å². The van der Waals surface area contributed by atoms with Gasteiger partial charge >= 0.3 is 0 Å². The third-order valence-electron chi connectivity index (χ3n) is 4.46. The van der Waals surface area contributed by atoms with Gasteiger partial charge < -0.3 is 15.1 Å². The molecule has 2 N–H and O–H groups in total. The monoisotopic (exact) mass is 313 g/mol. The largest absolute Gasteiger partial charge is 0.508 e. The highest BCUT2D eigenvalue weighted by molar-refractivity contribution is 5.85. The smallest absolute Gasteiger partial charge is 0.115 e. The maximum Gasteiger partial charge on any atom is 0.115 e. The van der Waals surface area contributed by atoms with Gasteiger partial charge in [0.15, 0.2) is 0 Å². The molecule has 1 aromatic rings. The Kier molecular flexibility index (Phi) is 6.98. The van der Waals surface area contributed by atoms with Gasteiger partial charge in [-0.2, -0.15) is 0 Å². The van der Waals surface area contributed by atoms with Gasteiger partial charge in [0.05, 0.1) is 5.60 Å². The molecule has 0 aliphatic heterocycles. The molecule has 120 valence electrons. The predicted octanol–water partition coefficient (Wildman–Crippen LogP) is 3.54. The minimum absolute atomic E-state index is 0. The fourth-order valence-electron chi connectivity index (χ4n) is 3.35. The Hall–Kier alpha value is -0.770.